The second-order valence-electron chi connectivity index (χ2n) is 6.60. The van der Waals surface area contributed by atoms with Crippen molar-refractivity contribution in [3.8, 4) is 0 Å². The first-order valence-electron chi connectivity index (χ1n) is 8.90. The minimum absolute atomic E-state index is 0.108. The van der Waals surface area contributed by atoms with E-state index in [1.54, 1.807) is 6.20 Å². The molecule has 0 spiro atoms. The molecular weight excluding hydrogens is 290 g/mol. The lowest BCUT2D eigenvalue weighted by Gasteiger charge is -2.27. The molecule has 1 saturated heterocycles. The van der Waals surface area contributed by atoms with E-state index in [9.17, 15) is 4.79 Å². The molecule has 0 unspecified atom stereocenters. The number of ether oxygens (including phenoxy) is 1. The number of hydrogen-bond acceptors (Lipinski definition) is 4. The predicted octanol–water partition coefficient (Wildman–Crippen LogP) is 3.22. The maximum atomic E-state index is 12.1. The predicted molar refractivity (Wildman–Crippen MR) is 91.7 cm³/mol. The van der Waals surface area contributed by atoms with E-state index >= 15 is 0 Å². The molecule has 1 N–H and O–H groups in total. The number of morpholine rings is 1. The van der Waals surface area contributed by atoms with Gasteiger partial charge in [0.25, 0.3) is 0 Å². The lowest BCUT2D eigenvalue weighted by atomic mass is 9.86. The van der Waals surface area contributed by atoms with E-state index in [4.69, 9.17) is 4.74 Å². The third-order valence-corrected chi connectivity index (χ3v) is 4.87. The summed E-state index contributed by atoms with van der Waals surface area (Å²) >= 11 is 0. The van der Waals surface area contributed by atoms with Crippen molar-refractivity contribution >= 4 is 17.4 Å². The van der Waals surface area contributed by atoms with Gasteiger partial charge in [0, 0.05) is 19.5 Å². The molecule has 5 heteroatoms. The number of nitrogens with zero attached hydrogens (tertiary/aromatic N) is 2. The summed E-state index contributed by atoms with van der Waals surface area (Å²) in [4.78, 5) is 18.7. The Kier molecular flexibility index (Phi) is 5.86. The average Bonchev–Trinajstić information content (AvgIpc) is 2.62. The van der Waals surface area contributed by atoms with Gasteiger partial charge < -0.3 is 15.0 Å². The summed E-state index contributed by atoms with van der Waals surface area (Å²) in [6.45, 7) is 3.25. The van der Waals surface area contributed by atoms with Crippen LogP contribution >= 0.6 is 0 Å². The molecule has 23 heavy (non-hydrogen) atoms. The fraction of sp³-hybridized carbons (Fsp3) is 0.667. The van der Waals surface area contributed by atoms with Gasteiger partial charge in [-0.05, 0) is 24.5 Å². The molecule has 2 heterocycles. The van der Waals surface area contributed by atoms with Gasteiger partial charge in [0.15, 0.2) is 0 Å². The molecule has 1 aliphatic carbocycles. The van der Waals surface area contributed by atoms with Gasteiger partial charge in [-0.1, -0.05) is 32.1 Å². The van der Waals surface area contributed by atoms with Gasteiger partial charge in [0.05, 0.1) is 25.1 Å². The molecule has 2 fully saturated rings. The highest BCUT2D eigenvalue weighted by molar-refractivity contribution is 5.90. The standard InChI is InChI=1S/C18H27N3O2/c22-18(9-6-15-4-2-1-3-5-15)20-16-7-8-17(19-14-16)21-10-12-23-13-11-21/h7-8,14-15H,1-6,9-13H2,(H,20,22). The number of amides is 1. The molecule has 3 rings (SSSR count). The Labute approximate surface area is 138 Å². The molecule has 126 valence electrons. The van der Waals surface area contributed by atoms with Gasteiger partial charge in [-0.3, -0.25) is 4.79 Å². The minimum Gasteiger partial charge on any atom is -0.378 e. The van der Waals surface area contributed by atoms with Crippen LogP contribution in [0.1, 0.15) is 44.9 Å². The second-order valence-corrected chi connectivity index (χ2v) is 6.60. The largest absolute Gasteiger partial charge is 0.378 e. The van der Waals surface area contributed by atoms with Crippen LogP contribution in [-0.2, 0) is 9.53 Å². The van der Waals surface area contributed by atoms with E-state index < -0.39 is 0 Å². The molecule has 0 atom stereocenters. The summed E-state index contributed by atoms with van der Waals surface area (Å²) in [5, 5.41) is 2.97. The summed E-state index contributed by atoms with van der Waals surface area (Å²) < 4.78 is 5.35. The van der Waals surface area contributed by atoms with Gasteiger partial charge in [0.2, 0.25) is 5.91 Å². The minimum atomic E-state index is 0.108. The lowest BCUT2D eigenvalue weighted by molar-refractivity contribution is -0.116. The molecule has 1 aromatic heterocycles. The molecule has 1 aromatic rings. The molecule has 2 aliphatic rings. The van der Waals surface area contributed by atoms with Crippen LogP contribution in [0.25, 0.3) is 0 Å². The highest BCUT2D eigenvalue weighted by Gasteiger charge is 2.15. The Morgan fingerprint density at radius 1 is 1.22 bits per heavy atom. The van der Waals surface area contributed by atoms with Gasteiger partial charge in [-0.15, -0.1) is 0 Å². The number of aromatic nitrogens is 1. The van der Waals surface area contributed by atoms with Crippen molar-refractivity contribution in [2.45, 2.75) is 44.9 Å². The van der Waals surface area contributed by atoms with Gasteiger partial charge >= 0.3 is 0 Å². The molecule has 1 saturated carbocycles. The van der Waals surface area contributed by atoms with Crippen molar-refractivity contribution < 1.29 is 9.53 Å². The first-order chi connectivity index (χ1) is 11.3. The first-order valence-corrected chi connectivity index (χ1v) is 8.90. The number of carbonyl (C=O) groups is 1. The summed E-state index contributed by atoms with van der Waals surface area (Å²) in [6, 6.07) is 3.92. The molecule has 0 radical (unpaired) electrons. The fourth-order valence-electron chi connectivity index (χ4n) is 3.47. The highest BCUT2D eigenvalue weighted by Crippen LogP contribution is 2.27. The molecule has 0 bridgehead atoms. The fourth-order valence-corrected chi connectivity index (χ4v) is 3.47. The highest BCUT2D eigenvalue weighted by atomic mass is 16.5. The van der Waals surface area contributed by atoms with Crippen LogP contribution in [-0.4, -0.2) is 37.2 Å². The zero-order valence-corrected chi connectivity index (χ0v) is 13.8. The molecule has 1 amide bonds. The lowest BCUT2D eigenvalue weighted by Crippen LogP contribution is -2.36. The van der Waals surface area contributed by atoms with E-state index in [-0.39, 0.29) is 5.91 Å². The van der Waals surface area contributed by atoms with Gasteiger partial charge in [-0.2, -0.15) is 0 Å². The molecular formula is C18H27N3O2. The van der Waals surface area contributed by atoms with E-state index in [2.05, 4.69) is 15.2 Å². The van der Waals surface area contributed by atoms with Gasteiger partial charge in [0.1, 0.15) is 5.82 Å². The molecule has 0 aromatic carbocycles. The Morgan fingerprint density at radius 2 is 2.00 bits per heavy atom. The SMILES string of the molecule is O=C(CCC1CCCCC1)Nc1ccc(N2CCOCC2)nc1. The van der Waals surface area contributed by atoms with Crippen LogP contribution in [0.15, 0.2) is 18.3 Å². The Bertz CT molecular complexity index is 491. The zero-order valence-electron chi connectivity index (χ0n) is 13.8. The van der Waals surface area contributed by atoms with Crippen LogP contribution in [0.4, 0.5) is 11.5 Å². The Balaban J connectivity index is 1.44. The maximum absolute atomic E-state index is 12.1. The van der Waals surface area contributed by atoms with Crippen molar-refractivity contribution in [1.82, 2.24) is 4.98 Å². The van der Waals surface area contributed by atoms with Crippen LogP contribution in [0.5, 0.6) is 0 Å². The number of rotatable bonds is 5. The monoisotopic (exact) mass is 317 g/mol. The summed E-state index contributed by atoms with van der Waals surface area (Å²) in [6.07, 6.45) is 10.0. The number of anilines is 2. The topological polar surface area (TPSA) is 54.5 Å². The van der Waals surface area contributed by atoms with E-state index in [1.807, 2.05) is 12.1 Å². The van der Waals surface area contributed by atoms with E-state index in [0.717, 1.165) is 50.1 Å². The van der Waals surface area contributed by atoms with Crippen LogP contribution < -0.4 is 10.2 Å². The van der Waals surface area contributed by atoms with Crippen molar-refractivity contribution in [2.75, 3.05) is 36.5 Å². The van der Waals surface area contributed by atoms with Crippen LogP contribution in [0.2, 0.25) is 0 Å². The van der Waals surface area contributed by atoms with Crippen molar-refractivity contribution in [2.24, 2.45) is 5.92 Å². The molecule has 5 nitrogen and oxygen atoms in total. The second kappa shape index (κ2) is 8.29. The normalized spacial score (nSPS) is 19.6. The van der Waals surface area contributed by atoms with Crippen LogP contribution in [0, 0.1) is 5.92 Å². The third kappa shape index (κ3) is 4.93. The zero-order chi connectivity index (χ0) is 15.9. The summed E-state index contributed by atoms with van der Waals surface area (Å²) in [7, 11) is 0. The first kappa shape index (κ1) is 16.2. The maximum Gasteiger partial charge on any atom is 0.224 e. The smallest absolute Gasteiger partial charge is 0.224 e. The molecule has 1 aliphatic heterocycles. The number of nitrogens with one attached hydrogen (secondary N) is 1. The van der Waals surface area contributed by atoms with Crippen LogP contribution in [0.3, 0.4) is 0 Å². The quantitative estimate of drug-likeness (QED) is 0.906. The van der Waals surface area contributed by atoms with Crippen molar-refractivity contribution in [3.05, 3.63) is 18.3 Å². The van der Waals surface area contributed by atoms with Crippen molar-refractivity contribution in [1.29, 1.82) is 0 Å². The number of carbonyl (C=O) groups excluding carboxylic acids is 1. The van der Waals surface area contributed by atoms with Crippen molar-refractivity contribution in [3.63, 3.8) is 0 Å². The van der Waals surface area contributed by atoms with E-state index in [1.165, 1.54) is 32.1 Å². The Hall–Kier alpha value is -1.62. The Morgan fingerprint density at radius 3 is 2.70 bits per heavy atom. The number of pyridine rings is 1. The average molecular weight is 317 g/mol. The number of hydrogen-bond donors (Lipinski definition) is 1. The van der Waals surface area contributed by atoms with E-state index in [0.29, 0.717) is 6.42 Å². The summed E-state index contributed by atoms with van der Waals surface area (Å²) in [5.74, 6) is 1.81. The van der Waals surface area contributed by atoms with Gasteiger partial charge in [-0.25, -0.2) is 4.98 Å². The third-order valence-electron chi connectivity index (χ3n) is 4.87. The summed E-state index contributed by atoms with van der Waals surface area (Å²) in [5.41, 5.74) is 0.788.